The van der Waals surface area contributed by atoms with Gasteiger partial charge in [-0.15, -0.1) is 0 Å². The van der Waals surface area contributed by atoms with Crippen LogP contribution in [0.15, 0.2) is 24.5 Å². The normalized spacial score (nSPS) is 22.1. The number of rotatable bonds is 4. The lowest BCUT2D eigenvalue weighted by molar-refractivity contribution is 0.330. The van der Waals surface area contributed by atoms with E-state index < -0.39 is 0 Å². The second kappa shape index (κ2) is 6.43. The van der Waals surface area contributed by atoms with Gasteiger partial charge in [-0.05, 0) is 49.2 Å². The molecule has 0 aliphatic heterocycles. The highest BCUT2D eigenvalue weighted by Crippen LogP contribution is 2.38. The van der Waals surface area contributed by atoms with Gasteiger partial charge in [-0.25, -0.2) is 0 Å². The molecule has 0 bridgehead atoms. The molecule has 2 aromatic rings. The van der Waals surface area contributed by atoms with E-state index in [1.165, 1.54) is 43.6 Å². The van der Waals surface area contributed by atoms with Crippen molar-refractivity contribution >= 4 is 22.4 Å². The fraction of sp³-hybridized carbons (Fsp3) is 0.500. The molecule has 1 fully saturated rings. The zero-order valence-corrected chi connectivity index (χ0v) is 13.2. The molecule has 112 valence electrons. The van der Waals surface area contributed by atoms with Gasteiger partial charge in [0.15, 0.2) is 0 Å². The highest BCUT2D eigenvalue weighted by molar-refractivity contribution is 7.11. The van der Waals surface area contributed by atoms with Gasteiger partial charge in [-0.3, -0.25) is 4.98 Å². The Kier molecular flexibility index (Phi) is 4.39. The van der Waals surface area contributed by atoms with E-state index >= 15 is 0 Å². The first-order chi connectivity index (χ1) is 10.3. The third kappa shape index (κ3) is 3.18. The van der Waals surface area contributed by atoms with Gasteiger partial charge in [0.05, 0.1) is 5.56 Å². The Morgan fingerprint density at radius 2 is 2.14 bits per heavy atom. The molecule has 1 saturated carbocycles. The summed E-state index contributed by atoms with van der Waals surface area (Å²) in [7, 11) is 0. The summed E-state index contributed by atoms with van der Waals surface area (Å²) in [4.78, 5) is 4.18. The zero-order chi connectivity index (χ0) is 14.7. The summed E-state index contributed by atoms with van der Waals surface area (Å²) in [5.74, 6) is 1.50. The van der Waals surface area contributed by atoms with Crippen LogP contribution >= 0.6 is 11.5 Å². The summed E-state index contributed by atoms with van der Waals surface area (Å²) in [5, 5.41) is 4.75. The predicted octanol–water partition coefficient (Wildman–Crippen LogP) is 4.17. The van der Waals surface area contributed by atoms with Crippen LogP contribution < -0.4 is 11.1 Å². The van der Waals surface area contributed by atoms with Crippen LogP contribution in [0.2, 0.25) is 0 Å². The van der Waals surface area contributed by atoms with Crippen molar-refractivity contribution in [2.75, 3.05) is 11.1 Å². The van der Waals surface area contributed by atoms with E-state index in [1.807, 2.05) is 18.3 Å². The summed E-state index contributed by atoms with van der Waals surface area (Å²) < 4.78 is 4.32. The van der Waals surface area contributed by atoms with Gasteiger partial charge >= 0.3 is 0 Å². The second-order valence-electron chi connectivity index (χ2n) is 5.78. The summed E-state index contributed by atoms with van der Waals surface area (Å²) in [6.45, 7) is 2.29. The van der Waals surface area contributed by atoms with E-state index in [0.29, 0.717) is 11.9 Å². The second-order valence-corrected chi connectivity index (χ2v) is 6.56. The van der Waals surface area contributed by atoms with Crippen LogP contribution in [-0.4, -0.2) is 15.4 Å². The molecule has 5 heteroatoms. The summed E-state index contributed by atoms with van der Waals surface area (Å²) >= 11 is 1.46. The molecule has 1 aliphatic rings. The standard InChI is InChI=1S/C16H22N4S/c1-2-11-5-7-13(8-6-11)19-16-14(15(17)20-21-16)12-4-3-9-18-10-12/h3-4,9-11,13,19H,2,5-8H2,1H3,(H2,17,20). The number of anilines is 2. The first-order valence-corrected chi connectivity index (χ1v) is 8.47. The van der Waals surface area contributed by atoms with E-state index in [4.69, 9.17) is 5.73 Å². The topological polar surface area (TPSA) is 63.8 Å². The van der Waals surface area contributed by atoms with E-state index in [0.717, 1.165) is 22.0 Å². The quantitative estimate of drug-likeness (QED) is 0.889. The van der Waals surface area contributed by atoms with Crippen molar-refractivity contribution in [3.63, 3.8) is 0 Å². The fourth-order valence-corrected chi connectivity index (χ4v) is 3.90. The number of nitrogen functional groups attached to an aromatic ring is 1. The van der Waals surface area contributed by atoms with Crippen LogP contribution in [-0.2, 0) is 0 Å². The number of hydrogen-bond acceptors (Lipinski definition) is 5. The highest BCUT2D eigenvalue weighted by Gasteiger charge is 2.22. The number of hydrogen-bond donors (Lipinski definition) is 2. The third-order valence-electron chi connectivity index (χ3n) is 4.43. The third-order valence-corrected chi connectivity index (χ3v) is 5.22. The molecule has 2 aromatic heterocycles. The lowest BCUT2D eigenvalue weighted by Gasteiger charge is -2.28. The number of nitrogens with two attached hydrogens (primary N) is 1. The van der Waals surface area contributed by atoms with Gasteiger partial charge in [0.25, 0.3) is 0 Å². The molecule has 0 saturated heterocycles. The number of nitrogens with zero attached hydrogens (tertiary/aromatic N) is 2. The average Bonchev–Trinajstić information content (AvgIpc) is 2.89. The first-order valence-electron chi connectivity index (χ1n) is 7.70. The molecule has 0 spiro atoms. The van der Waals surface area contributed by atoms with E-state index in [2.05, 4.69) is 21.6 Å². The van der Waals surface area contributed by atoms with Crippen molar-refractivity contribution in [3.8, 4) is 11.1 Å². The Balaban J connectivity index is 1.75. The van der Waals surface area contributed by atoms with E-state index in [-0.39, 0.29) is 0 Å². The van der Waals surface area contributed by atoms with Crippen molar-refractivity contribution in [1.29, 1.82) is 0 Å². The van der Waals surface area contributed by atoms with E-state index in [9.17, 15) is 0 Å². The van der Waals surface area contributed by atoms with Gasteiger partial charge in [-0.2, -0.15) is 4.37 Å². The largest absolute Gasteiger partial charge is 0.382 e. The Bertz CT molecular complexity index is 573. The molecular formula is C16H22N4S. The van der Waals surface area contributed by atoms with Crippen LogP contribution in [0.3, 0.4) is 0 Å². The van der Waals surface area contributed by atoms with Crippen LogP contribution in [0.1, 0.15) is 39.0 Å². The van der Waals surface area contributed by atoms with E-state index in [1.54, 1.807) is 6.20 Å². The lowest BCUT2D eigenvalue weighted by atomic mass is 9.84. The molecule has 4 nitrogen and oxygen atoms in total. The smallest absolute Gasteiger partial charge is 0.147 e. The van der Waals surface area contributed by atoms with Crippen molar-refractivity contribution in [3.05, 3.63) is 24.5 Å². The Morgan fingerprint density at radius 3 is 2.81 bits per heavy atom. The molecule has 3 N–H and O–H groups in total. The van der Waals surface area contributed by atoms with Crippen LogP contribution in [0.25, 0.3) is 11.1 Å². The summed E-state index contributed by atoms with van der Waals surface area (Å²) in [6.07, 6.45) is 10.1. The fourth-order valence-electron chi connectivity index (χ4n) is 3.09. The molecule has 2 heterocycles. The summed E-state index contributed by atoms with van der Waals surface area (Å²) in [6, 6.07) is 4.51. The first kappa shape index (κ1) is 14.3. The predicted molar refractivity (Wildman–Crippen MR) is 89.4 cm³/mol. The van der Waals surface area contributed by atoms with Crippen molar-refractivity contribution in [1.82, 2.24) is 9.36 Å². The molecule has 0 aromatic carbocycles. The minimum Gasteiger partial charge on any atom is -0.382 e. The molecule has 1 aliphatic carbocycles. The Hall–Kier alpha value is -1.62. The van der Waals surface area contributed by atoms with Gasteiger partial charge in [0.1, 0.15) is 10.8 Å². The Labute approximate surface area is 130 Å². The minimum absolute atomic E-state index is 0.545. The molecule has 21 heavy (non-hydrogen) atoms. The maximum absolute atomic E-state index is 6.05. The molecular weight excluding hydrogens is 280 g/mol. The summed E-state index contributed by atoms with van der Waals surface area (Å²) in [5.41, 5.74) is 8.09. The van der Waals surface area contributed by atoms with Gasteiger partial charge in [0, 0.05) is 24.0 Å². The monoisotopic (exact) mass is 302 g/mol. The Morgan fingerprint density at radius 1 is 1.33 bits per heavy atom. The van der Waals surface area contributed by atoms with Crippen LogP contribution in [0, 0.1) is 5.92 Å². The minimum atomic E-state index is 0.545. The molecule has 3 rings (SSSR count). The zero-order valence-electron chi connectivity index (χ0n) is 12.4. The van der Waals surface area contributed by atoms with Crippen molar-refractivity contribution in [2.24, 2.45) is 5.92 Å². The number of nitrogens with one attached hydrogen (secondary N) is 1. The number of pyridine rings is 1. The molecule has 0 unspecified atom stereocenters. The molecule has 0 amide bonds. The average molecular weight is 302 g/mol. The van der Waals surface area contributed by atoms with Gasteiger partial charge in [0.2, 0.25) is 0 Å². The van der Waals surface area contributed by atoms with Gasteiger partial charge < -0.3 is 11.1 Å². The van der Waals surface area contributed by atoms with Gasteiger partial charge in [-0.1, -0.05) is 19.4 Å². The maximum Gasteiger partial charge on any atom is 0.147 e. The van der Waals surface area contributed by atoms with Crippen LogP contribution in [0.4, 0.5) is 10.8 Å². The highest BCUT2D eigenvalue weighted by atomic mass is 32.1. The molecule has 0 radical (unpaired) electrons. The lowest BCUT2D eigenvalue weighted by Crippen LogP contribution is -2.25. The number of aromatic nitrogens is 2. The maximum atomic E-state index is 6.05. The SMILES string of the molecule is CCC1CCC(Nc2snc(N)c2-c2cccnc2)CC1. The molecule has 0 atom stereocenters. The van der Waals surface area contributed by atoms with Crippen molar-refractivity contribution in [2.45, 2.75) is 45.1 Å². The van der Waals surface area contributed by atoms with Crippen molar-refractivity contribution < 1.29 is 0 Å². The van der Waals surface area contributed by atoms with Crippen LogP contribution in [0.5, 0.6) is 0 Å².